The molecule has 0 aliphatic carbocycles. The molecule has 11 heteroatoms. The molecule has 0 spiro atoms. The van der Waals surface area contributed by atoms with Crippen LogP contribution in [0.2, 0.25) is 10.0 Å². The number of nitrogens with zero attached hydrogens (tertiary/aromatic N) is 3. The van der Waals surface area contributed by atoms with Crippen molar-refractivity contribution in [1.82, 2.24) is 14.7 Å². The van der Waals surface area contributed by atoms with Crippen molar-refractivity contribution < 1.29 is 23.5 Å². The lowest BCUT2D eigenvalue weighted by Gasteiger charge is -2.21. The van der Waals surface area contributed by atoms with Gasteiger partial charge in [-0.25, -0.2) is 4.68 Å². The Bertz CT molecular complexity index is 1250. The number of carbonyl (C=O) groups is 3. The van der Waals surface area contributed by atoms with Gasteiger partial charge in [-0.15, -0.1) is 0 Å². The molecule has 2 amide bonds. The summed E-state index contributed by atoms with van der Waals surface area (Å²) in [6.07, 6.45) is 1.31. The Morgan fingerprint density at radius 3 is 2.49 bits per heavy atom. The maximum absolute atomic E-state index is 13.1. The third kappa shape index (κ3) is 7.84. The fourth-order valence-corrected chi connectivity index (χ4v) is 3.72. The van der Waals surface area contributed by atoms with Crippen LogP contribution in [0.3, 0.4) is 0 Å². The van der Waals surface area contributed by atoms with Crippen molar-refractivity contribution in [2.75, 3.05) is 18.5 Å². The lowest BCUT2D eigenvalue weighted by molar-refractivity contribution is -0.146. The Morgan fingerprint density at radius 2 is 1.86 bits per heavy atom. The largest absolute Gasteiger partial charge is 0.467 e. The van der Waals surface area contributed by atoms with E-state index in [2.05, 4.69) is 10.4 Å². The molecule has 0 saturated heterocycles. The van der Waals surface area contributed by atoms with E-state index < -0.39 is 11.9 Å². The Morgan fingerprint density at radius 1 is 1.11 bits per heavy atom. The highest BCUT2D eigenvalue weighted by molar-refractivity contribution is 6.42. The predicted molar refractivity (Wildman–Crippen MR) is 141 cm³/mol. The lowest BCUT2D eigenvalue weighted by Crippen LogP contribution is -2.38. The molecule has 1 aromatic carbocycles. The van der Waals surface area contributed by atoms with Crippen molar-refractivity contribution in [1.29, 1.82) is 0 Å². The summed E-state index contributed by atoms with van der Waals surface area (Å²) < 4.78 is 11.8. The molecule has 37 heavy (non-hydrogen) atoms. The van der Waals surface area contributed by atoms with Gasteiger partial charge in [0.1, 0.15) is 18.1 Å². The summed E-state index contributed by atoms with van der Waals surface area (Å²) >= 11 is 12.3. The molecule has 9 nitrogen and oxygen atoms in total. The van der Waals surface area contributed by atoms with E-state index in [-0.39, 0.29) is 43.9 Å². The highest BCUT2D eigenvalue weighted by atomic mass is 35.5. The summed E-state index contributed by atoms with van der Waals surface area (Å²) in [5.41, 5.74) is 1.06. The Kier molecular flexibility index (Phi) is 9.39. The molecule has 3 rings (SSSR count). The summed E-state index contributed by atoms with van der Waals surface area (Å²) in [6, 6.07) is 10.2. The van der Waals surface area contributed by atoms with E-state index in [1.807, 2.05) is 20.8 Å². The van der Waals surface area contributed by atoms with Crippen molar-refractivity contribution in [2.45, 2.75) is 52.5 Å². The molecule has 2 aromatic heterocycles. The summed E-state index contributed by atoms with van der Waals surface area (Å²) in [5, 5.41) is 8.27. The Balaban J connectivity index is 1.82. The molecule has 0 atom stereocenters. The topological polar surface area (TPSA) is 107 Å². The number of hydrogen-bond acceptors (Lipinski definition) is 6. The van der Waals surface area contributed by atoms with Gasteiger partial charge in [0.2, 0.25) is 11.8 Å². The first kappa shape index (κ1) is 28.3. The molecule has 198 valence electrons. The molecule has 0 unspecified atom stereocenters. The van der Waals surface area contributed by atoms with Crippen molar-refractivity contribution in [3.8, 4) is 5.69 Å². The third-order valence-corrected chi connectivity index (χ3v) is 6.09. The number of rotatable bonds is 10. The molecule has 0 aliphatic rings. The molecule has 0 radical (unpaired) electrons. The van der Waals surface area contributed by atoms with Gasteiger partial charge in [-0.05, 0) is 37.3 Å². The maximum atomic E-state index is 13.1. The number of furan rings is 1. The SMILES string of the molecule is CCOC(=O)CCC(=O)N(CC(=O)Nc1cc(C(C)(C)C)nn1-c1ccc(Cl)c(Cl)c1)Cc1ccco1. The van der Waals surface area contributed by atoms with Crippen LogP contribution < -0.4 is 5.32 Å². The second-order valence-corrected chi connectivity index (χ2v) is 10.2. The fourth-order valence-electron chi connectivity index (χ4n) is 3.43. The maximum Gasteiger partial charge on any atom is 0.306 e. The van der Waals surface area contributed by atoms with Gasteiger partial charge in [0.05, 0.1) is 47.3 Å². The second kappa shape index (κ2) is 12.3. The number of benzene rings is 1. The summed E-state index contributed by atoms with van der Waals surface area (Å²) in [7, 11) is 0. The van der Waals surface area contributed by atoms with Gasteiger partial charge < -0.3 is 19.4 Å². The standard InChI is InChI=1S/C26H30Cl2N4O5/c1-5-36-25(35)11-10-24(34)31(15-18-7-6-12-37-18)16-23(33)29-22-14-21(26(2,3)4)30-32(22)17-8-9-19(27)20(28)13-17/h6-9,12-14H,5,10-11,15-16H2,1-4H3,(H,29,33). The van der Waals surface area contributed by atoms with Crippen LogP contribution in [0.25, 0.3) is 5.69 Å². The molecule has 0 fully saturated rings. The highest BCUT2D eigenvalue weighted by Crippen LogP contribution is 2.29. The van der Waals surface area contributed by atoms with Crippen molar-refractivity contribution in [2.24, 2.45) is 0 Å². The zero-order valence-electron chi connectivity index (χ0n) is 21.2. The van der Waals surface area contributed by atoms with E-state index >= 15 is 0 Å². The molecule has 0 saturated carbocycles. The van der Waals surface area contributed by atoms with Crippen LogP contribution in [0, 0.1) is 0 Å². The van der Waals surface area contributed by atoms with Crippen molar-refractivity contribution in [3.63, 3.8) is 0 Å². The van der Waals surface area contributed by atoms with Crippen LogP contribution in [0.5, 0.6) is 0 Å². The van der Waals surface area contributed by atoms with Gasteiger partial charge in [0.15, 0.2) is 0 Å². The quantitative estimate of drug-likeness (QED) is 0.341. The van der Waals surface area contributed by atoms with E-state index in [1.165, 1.54) is 11.2 Å². The summed E-state index contributed by atoms with van der Waals surface area (Å²) in [4.78, 5) is 39.1. The lowest BCUT2D eigenvalue weighted by atomic mass is 9.92. The predicted octanol–water partition coefficient (Wildman–Crippen LogP) is 5.38. The Labute approximate surface area is 225 Å². The van der Waals surface area contributed by atoms with E-state index in [0.29, 0.717) is 27.3 Å². The molecule has 0 bridgehead atoms. The number of ether oxygens (including phenoxy) is 1. The average Bonchev–Trinajstić information content (AvgIpc) is 3.49. The van der Waals surface area contributed by atoms with Gasteiger partial charge in [-0.1, -0.05) is 44.0 Å². The van der Waals surface area contributed by atoms with E-state index in [9.17, 15) is 14.4 Å². The molecule has 3 aromatic rings. The van der Waals surface area contributed by atoms with E-state index in [0.717, 1.165) is 5.69 Å². The number of anilines is 1. The normalized spacial score (nSPS) is 11.3. The van der Waals surface area contributed by atoms with Gasteiger partial charge in [0.25, 0.3) is 0 Å². The van der Waals surface area contributed by atoms with Crippen LogP contribution in [-0.4, -0.2) is 45.6 Å². The number of carbonyl (C=O) groups excluding carboxylic acids is 3. The smallest absolute Gasteiger partial charge is 0.306 e. The number of nitrogens with one attached hydrogen (secondary N) is 1. The van der Waals surface area contributed by atoms with Crippen LogP contribution in [-0.2, 0) is 31.1 Å². The first-order chi connectivity index (χ1) is 17.5. The van der Waals surface area contributed by atoms with Gasteiger partial charge in [0, 0.05) is 17.9 Å². The first-order valence-electron chi connectivity index (χ1n) is 11.8. The fraction of sp³-hybridized carbons (Fsp3) is 0.385. The minimum atomic E-state index is -0.474. The molecule has 1 N–H and O–H groups in total. The third-order valence-electron chi connectivity index (χ3n) is 5.36. The van der Waals surface area contributed by atoms with Crippen LogP contribution in [0.15, 0.2) is 47.1 Å². The number of halogens is 2. The van der Waals surface area contributed by atoms with Gasteiger partial charge >= 0.3 is 5.97 Å². The van der Waals surface area contributed by atoms with Crippen LogP contribution >= 0.6 is 23.2 Å². The monoisotopic (exact) mass is 548 g/mol. The Hall–Kier alpha value is -3.30. The second-order valence-electron chi connectivity index (χ2n) is 9.36. The first-order valence-corrected chi connectivity index (χ1v) is 12.5. The molecule has 2 heterocycles. The number of hydrogen-bond donors (Lipinski definition) is 1. The van der Waals surface area contributed by atoms with E-state index in [4.69, 9.17) is 32.4 Å². The highest BCUT2D eigenvalue weighted by Gasteiger charge is 2.24. The number of aromatic nitrogens is 2. The zero-order chi connectivity index (χ0) is 27.2. The minimum absolute atomic E-state index is 0.0708. The number of esters is 1. The average molecular weight is 549 g/mol. The summed E-state index contributed by atoms with van der Waals surface area (Å²) in [5.74, 6) is -0.387. The number of amides is 2. The van der Waals surface area contributed by atoms with Gasteiger partial charge in [-0.3, -0.25) is 14.4 Å². The molecule has 0 aliphatic heterocycles. The molecular formula is C26H30Cl2N4O5. The molecular weight excluding hydrogens is 519 g/mol. The minimum Gasteiger partial charge on any atom is -0.467 e. The zero-order valence-corrected chi connectivity index (χ0v) is 22.7. The van der Waals surface area contributed by atoms with E-state index in [1.54, 1.807) is 48.0 Å². The van der Waals surface area contributed by atoms with Gasteiger partial charge in [-0.2, -0.15) is 5.10 Å². The summed E-state index contributed by atoms with van der Waals surface area (Å²) in [6.45, 7) is 7.76. The van der Waals surface area contributed by atoms with Crippen molar-refractivity contribution in [3.05, 3.63) is 64.2 Å². The van der Waals surface area contributed by atoms with Crippen LogP contribution in [0.1, 0.15) is 52.0 Å². The van der Waals surface area contributed by atoms with Crippen LogP contribution in [0.4, 0.5) is 5.82 Å². The van der Waals surface area contributed by atoms with Crippen molar-refractivity contribution >= 4 is 46.8 Å².